The van der Waals surface area contributed by atoms with Crippen LogP contribution in [0.3, 0.4) is 0 Å². The summed E-state index contributed by atoms with van der Waals surface area (Å²) in [6, 6.07) is 16.7. The van der Waals surface area contributed by atoms with Gasteiger partial charge in [-0.25, -0.2) is 4.79 Å². The van der Waals surface area contributed by atoms with E-state index in [2.05, 4.69) is 24.4 Å². The minimum Gasteiger partial charge on any atom is -0.497 e. The van der Waals surface area contributed by atoms with Gasteiger partial charge in [-0.05, 0) is 36.2 Å². The van der Waals surface area contributed by atoms with E-state index in [1.165, 1.54) is 5.56 Å². The van der Waals surface area contributed by atoms with Crippen molar-refractivity contribution in [2.45, 2.75) is 13.3 Å². The van der Waals surface area contributed by atoms with Crippen LogP contribution in [0.2, 0.25) is 0 Å². The SMILES string of the molecule is CCc1ccc(OC)cc1.NC(=O)Nc1ccccc1. The summed E-state index contributed by atoms with van der Waals surface area (Å²) in [6.07, 6.45) is 1.09. The largest absolute Gasteiger partial charge is 0.497 e. The fraction of sp³-hybridized carbons (Fsp3) is 0.188. The number of carbonyl (C=O) groups is 1. The molecule has 0 atom stereocenters. The molecule has 2 amide bonds. The highest BCUT2D eigenvalue weighted by Crippen LogP contribution is 2.10. The molecule has 0 unspecified atom stereocenters. The van der Waals surface area contributed by atoms with E-state index < -0.39 is 6.03 Å². The second kappa shape index (κ2) is 8.58. The fourth-order valence-corrected chi connectivity index (χ4v) is 1.52. The van der Waals surface area contributed by atoms with Gasteiger partial charge in [0.1, 0.15) is 5.75 Å². The maximum atomic E-state index is 10.3. The number of benzene rings is 2. The van der Waals surface area contributed by atoms with Gasteiger partial charge in [-0.15, -0.1) is 0 Å². The molecule has 2 aromatic carbocycles. The van der Waals surface area contributed by atoms with Crippen LogP contribution in [0.25, 0.3) is 0 Å². The molecule has 3 N–H and O–H groups in total. The minimum absolute atomic E-state index is 0.536. The van der Waals surface area contributed by atoms with E-state index >= 15 is 0 Å². The van der Waals surface area contributed by atoms with Crippen molar-refractivity contribution in [2.75, 3.05) is 12.4 Å². The Morgan fingerprint density at radius 1 is 1.10 bits per heavy atom. The highest BCUT2D eigenvalue weighted by Gasteiger charge is 1.91. The zero-order valence-corrected chi connectivity index (χ0v) is 11.8. The van der Waals surface area contributed by atoms with Crippen molar-refractivity contribution in [2.24, 2.45) is 5.73 Å². The van der Waals surface area contributed by atoms with Gasteiger partial charge in [0, 0.05) is 5.69 Å². The summed E-state index contributed by atoms with van der Waals surface area (Å²) < 4.78 is 5.01. The van der Waals surface area contributed by atoms with E-state index in [0.717, 1.165) is 17.9 Å². The summed E-state index contributed by atoms with van der Waals surface area (Å²) in [5.74, 6) is 0.928. The third kappa shape index (κ3) is 5.91. The lowest BCUT2D eigenvalue weighted by atomic mass is 10.2. The average Bonchev–Trinajstić information content (AvgIpc) is 2.48. The molecular weight excluding hydrogens is 252 g/mol. The van der Waals surface area contributed by atoms with E-state index in [0.29, 0.717) is 0 Å². The van der Waals surface area contributed by atoms with E-state index in [1.807, 2.05) is 30.3 Å². The number of rotatable bonds is 3. The molecule has 0 heterocycles. The predicted molar refractivity (Wildman–Crippen MR) is 82.0 cm³/mol. The molecule has 0 aliphatic carbocycles. The maximum Gasteiger partial charge on any atom is 0.316 e. The Morgan fingerprint density at radius 3 is 2.15 bits per heavy atom. The standard InChI is InChI=1S/C9H12O.C7H8N2O/c1-3-8-4-6-9(10-2)7-5-8;8-7(10)9-6-4-2-1-3-5-6/h4-7H,3H2,1-2H3;1-5H,(H3,8,9,10). The predicted octanol–water partition coefficient (Wildman–Crippen LogP) is 3.43. The van der Waals surface area contributed by atoms with Crippen molar-refractivity contribution in [3.05, 3.63) is 60.2 Å². The third-order valence-electron chi connectivity index (χ3n) is 2.61. The smallest absolute Gasteiger partial charge is 0.316 e. The van der Waals surface area contributed by atoms with Gasteiger partial charge in [0.05, 0.1) is 7.11 Å². The Balaban J connectivity index is 0.000000200. The molecule has 0 aliphatic heterocycles. The Labute approximate surface area is 119 Å². The van der Waals surface area contributed by atoms with E-state index in [9.17, 15) is 4.79 Å². The minimum atomic E-state index is -0.536. The summed E-state index contributed by atoms with van der Waals surface area (Å²) in [5, 5.41) is 2.44. The number of methoxy groups -OCH3 is 1. The molecule has 106 valence electrons. The van der Waals surface area contributed by atoms with E-state index in [1.54, 1.807) is 19.2 Å². The lowest BCUT2D eigenvalue weighted by molar-refractivity contribution is 0.259. The summed E-state index contributed by atoms with van der Waals surface area (Å²) in [7, 11) is 1.68. The summed E-state index contributed by atoms with van der Waals surface area (Å²) >= 11 is 0. The lowest BCUT2D eigenvalue weighted by Gasteiger charge is -1.99. The van der Waals surface area contributed by atoms with Gasteiger partial charge in [0.25, 0.3) is 0 Å². The molecule has 0 saturated heterocycles. The lowest BCUT2D eigenvalue weighted by Crippen LogP contribution is -2.18. The first kappa shape index (κ1) is 15.6. The molecule has 0 radical (unpaired) electrons. The van der Waals surface area contributed by atoms with Crippen LogP contribution < -0.4 is 15.8 Å². The molecule has 0 spiro atoms. The van der Waals surface area contributed by atoms with Crippen molar-refractivity contribution >= 4 is 11.7 Å². The number of anilines is 1. The molecule has 0 aliphatic rings. The monoisotopic (exact) mass is 272 g/mol. The van der Waals surface area contributed by atoms with Crippen molar-refractivity contribution in [3.8, 4) is 5.75 Å². The van der Waals surface area contributed by atoms with Crippen LogP contribution in [-0.4, -0.2) is 13.1 Å². The van der Waals surface area contributed by atoms with Gasteiger partial charge in [-0.1, -0.05) is 37.3 Å². The first-order valence-corrected chi connectivity index (χ1v) is 6.40. The number of urea groups is 1. The van der Waals surface area contributed by atoms with E-state index in [4.69, 9.17) is 10.5 Å². The number of nitrogens with one attached hydrogen (secondary N) is 1. The summed E-state index contributed by atoms with van der Waals surface area (Å²) in [6.45, 7) is 2.14. The number of aryl methyl sites for hydroxylation is 1. The highest BCUT2D eigenvalue weighted by atomic mass is 16.5. The van der Waals surface area contributed by atoms with Crippen LogP contribution in [0.1, 0.15) is 12.5 Å². The van der Waals surface area contributed by atoms with Gasteiger partial charge in [0.2, 0.25) is 0 Å². The normalized spacial score (nSPS) is 9.10. The maximum absolute atomic E-state index is 10.3. The molecule has 20 heavy (non-hydrogen) atoms. The van der Waals surface area contributed by atoms with Crippen LogP contribution in [0.5, 0.6) is 5.75 Å². The fourth-order valence-electron chi connectivity index (χ4n) is 1.52. The van der Waals surface area contributed by atoms with Gasteiger partial charge < -0.3 is 15.8 Å². The zero-order chi connectivity index (χ0) is 14.8. The van der Waals surface area contributed by atoms with Crippen LogP contribution in [0, 0.1) is 0 Å². The second-order valence-electron chi connectivity index (χ2n) is 4.06. The number of hydrogen-bond acceptors (Lipinski definition) is 2. The summed E-state index contributed by atoms with van der Waals surface area (Å²) in [5.41, 5.74) is 6.94. The summed E-state index contributed by atoms with van der Waals surface area (Å²) in [4.78, 5) is 10.3. The van der Waals surface area contributed by atoms with Crippen LogP contribution in [0.4, 0.5) is 10.5 Å². The molecule has 2 rings (SSSR count). The van der Waals surface area contributed by atoms with Gasteiger partial charge in [-0.3, -0.25) is 0 Å². The average molecular weight is 272 g/mol. The molecule has 0 aromatic heterocycles. The Kier molecular flexibility index (Phi) is 6.68. The number of nitrogens with two attached hydrogens (primary N) is 1. The van der Waals surface area contributed by atoms with Gasteiger partial charge >= 0.3 is 6.03 Å². The number of primary amides is 1. The van der Waals surface area contributed by atoms with Crippen molar-refractivity contribution in [3.63, 3.8) is 0 Å². The van der Waals surface area contributed by atoms with Gasteiger partial charge in [-0.2, -0.15) is 0 Å². The topological polar surface area (TPSA) is 64.3 Å². The van der Waals surface area contributed by atoms with Crippen LogP contribution >= 0.6 is 0 Å². The number of amides is 2. The Morgan fingerprint density at radius 2 is 1.70 bits per heavy atom. The first-order chi connectivity index (χ1) is 9.65. The third-order valence-corrected chi connectivity index (χ3v) is 2.61. The number of hydrogen-bond donors (Lipinski definition) is 2. The Hall–Kier alpha value is -2.49. The highest BCUT2D eigenvalue weighted by molar-refractivity contribution is 5.87. The molecule has 4 heteroatoms. The number of carbonyl (C=O) groups excluding carboxylic acids is 1. The van der Waals surface area contributed by atoms with E-state index in [-0.39, 0.29) is 0 Å². The molecule has 0 fully saturated rings. The molecule has 2 aromatic rings. The van der Waals surface area contributed by atoms with Gasteiger partial charge in [0.15, 0.2) is 0 Å². The zero-order valence-electron chi connectivity index (χ0n) is 11.8. The van der Waals surface area contributed by atoms with Crippen molar-refractivity contribution < 1.29 is 9.53 Å². The molecule has 0 saturated carbocycles. The molecular formula is C16H20N2O2. The second-order valence-corrected chi connectivity index (χ2v) is 4.06. The quantitative estimate of drug-likeness (QED) is 0.899. The number of para-hydroxylation sites is 1. The molecule has 4 nitrogen and oxygen atoms in total. The van der Waals surface area contributed by atoms with Crippen molar-refractivity contribution in [1.29, 1.82) is 0 Å². The Bertz CT molecular complexity index is 487. The van der Waals surface area contributed by atoms with Crippen molar-refractivity contribution in [1.82, 2.24) is 0 Å². The van der Waals surface area contributed by atoms with Crippen LogP contribution in [-0.2, 0) is 6.42 Å². The first-order valence-electron chi connectivity index (χ1n) is 6.40. The number of ether oxygens (including phenoxy) is 1. The van der Waals surface area contributed by atoms with Crippen LogP contribution in [0.15, 0.2) is 54.6 Å². The molecule has 0 bridgehead atoms.